The molecule has 9 heteroatoms. The molecular weight excluding hydrogens is 553 g/mol. The number of imidazole rings is 1. The Hall–Kier alpha value is -4.71. The summed E-state index contributed by atoms with van der Waals surface area (Å²) in [6.07, 6.45) is 7.94. The number of rotatable bonds is 10. The van der Waals surface area contributed by atoms with Crippen LogP contribution < -0.4 is 14.8 Å². The van der Waals surface area contributed by atoms with Gasteiger partial charge in [0.1, 0.15) is 41.9 Å². The lowest BCUT2D eigenvalue weighted by Gasteiger charge is -2.20. The largest absolute Gasteiger partial charge is 0.488 e. The minimum Gasteiger partial charge on any atom is -0.488 e. The maximum Gasteiger partial charge on any atom is 0.142 e. The lowest BCUT2D eigenvalue weighted by molar-refractivity contribution is 0.206. The van der Waals surface area contributed by atoms with E-state index in [1.807, 2.05) is 36.4 Å². The topological polar surface area (TPSA) is 95.8 Å². The molecule has 7 nitrogen and oxygen atoms in total. The van der Waals surface area contributed by atoms with Gasteiger partial charge in [0.25, 0.3) is 0 Å². The predicted octanol–water partition coefficient (Wildman–Crippen LogP) is 7.07. The summed E-state index contributed by atoms with van der Waals surface area (Å²) in [4.78, 5) is 11.5. The van der Waals surface area contributed by atoms with E-state index in [1.54, 1.807) is 36.8 Å². The number of ether oxygens (including phenoxy) is 2. The SMILES string of the molecule is N#Cc1cncc(COc2cc(O[C@H]3CCc4c(-c5ccccc5F)cccc43)c(Cl)cc2CNCc2ncc[nH]2)c1. The Bertz CT molecular complexity index is 1750. The number of pyridine rings is 1. The second-order valence-electron chi connectivity index (χ2n) is 10.0. The van der Waals surface area contributed by atoms with Gasteiger partial charge in [-0.3, -0.25) is 4.98 Å². The van der Waals surface area contributed by atoms with Gasteiger partial charge in [-0.05, 0) is 47.7 Å². The predicted molar refractivity (Wildman–Crippen MR) is 157 cm³/mol. The van der Waals surface area contributed by atoms with E-state index >= 15 is 0 Å². The van der Waals surface area contributed by atoms with Crippen LogP contribution in [0.2, 0.25) is 5.02 Å². The van der Waals surface area contributed by atoms with Gasteiger partial charge in [-0.2, -0.15) is 5.26 Å². The van der Waals surface area contributed by atoms with Gasteiger partial charge < -0.3 is 19.8 Å². The van der Waals surface area contributed by atoms with Crippen LogP contribution in [-0.2, 0) is 26.1 Å². The zero-order valence-corrected chi connectivity index (χ0v) is 23.4. The van der Waals surface area contributed by atoms with Crippen molar-refractivity contribution in [2.24, 2.45) is 0 Å². The van der Waals surface area contributed by atoms with Crippen molar-refractivity contribution in [1.29, 1.82) is 5.26 Å². The van der Waals surface area contributed by atoms with Gasteiger partial charge in [-0.25, -0.2) is 9.37 Å². The highest BCUT2D eigenvalue weighted by Gasteiger charge is 2.28. The first kappa shape index (κ1) is 27.5. The molecule has 0 spiro atoms. The van der Waals surface area contributed by atoms with Crippen molar-refractivity contribution in [3.8, 4) is 28.7 Å². The molecule has 2 heterocycles. The summed E-state index contributed by atoms with van der Waals surface area (Å²) in [6, 6.07) is 20.3. The molecule has 3 aromatic carbocycles. The van der Waals surface area contributed by atoms with Gasteiger partial charge in [0.15, 0.2) is 0 Å². The fourth-order valence-corrected chi connectivity index (χ4v) is 5.49. The summed E-state index contributed by atoms with van der Waals surface area (Å²) >= 11 is 6.77. The number of fused-ring (bicyclic) bond motifs is 1. The van der Waals surface area contributed by atoms with Crippen molar-refractivity contribution in [2.75, 3.05) is 0 Å². The average molecular weight is 580 g/mol. The quantitative estimate of drug-likeness (QED) is 0.184. The Morgan fingerprint density at radius 3 is 2.76 bits per heavy atom. The van der Waals surface area contributed by atoms with Crippen molar-refractivity contribution in [3.63, 3.8) is 0 Å². The van der Waals surface area contributed by atoms with Gasteiger partial charge in [-0.1, -0.05) is 48.0 Å². The lowest BCUT2D eigenvalue weighted by atomic mass is 9.96. The molecule has 0 saturated carbocycles. The molecule has 2 aromatic heterocycles. The first-order valence-electron chi connectivity index (χ1n) is 13.6. The zero-order valence-electron chi connectivity index (χ0n) is 22.6. The van der Waals surface area contributed by atoms with Gasteiger partial charge in [0.2, 0.25) is 0 Å². The number of hydrogen-bond donors (Lipinski definition) is 2. The van der Waals surface area contributed by atoms with Gasteiger partial charge in [0, 0.05) is 54.1 Å². The number of nitrogens with one attached hydrogen (secondary N) is 2. The minimum atomic E-state index is -0.244. The van der Waals surface area contributed by atoms with Crippen LogP contribution in [-0.4, -0.2) is 15.0 Å². The Morgan fingerprint density at radius 2 is 1.93 bits per heavy atom. The van der Waals surface area contributed by atoms with Gasteiger partial charge in [0.05, 0.1) is 17.1 Å². The highest BCUT2D eigenvalue weighted by Crippen LogP contribution is 2.43. The minimum absolute atomic E-state index is 0.215. The maximum absolute atomic E-state index is 14.6. The van der Waals surface area contributed by atoms with E-state index in [4.69, 9.17) is 21.1 Å². The average Bonchev–Trinajstić information content (AvgIpc) is 3.68. The molecule has 6 rings (SSSR count). The van der Waals surface area contributed by atoms with Crippen LogP contribution in [0.3, 0.4) is 0 Å². The van der Waals surface area contributed by atoms with Gasteiger partial charge in [-0.15, -0.1) is 0 Å². The van der Waals surface area contributed by atoms with Crippen molar-refractivity contribution in [2.45, 2.75) is 38.6 Å². The van der Waals surface area contributed by atoms with Crippen LogP contribution in [0.15, 0.2) is 85.5 Å². The smallest absolute Gasteiger partial charge is 0.142 e. The Labute approximate surface area is 247 Å². The van der Waals surface area contributed by atoms with Crippen LogP contribution in [0.1, 0.15) is 46.2 Å². The van der Waals surface area contributed by atoms with Crippen molar-refractivity contribution in [1.82, 2.24) is 20.3 Å². The van der Waals surface area contributed by atoms with E-state index < -0.39 is 0 Å². The number of hydrogen-bond acceptors (Lipinski definition) is 6. The number of aromatic amines is 1. The Kier molecular flexibility index (Phi) is 8.13. The Morgan fingerprint density at radius 1 is 1.05 bits per heavy atom. The molecule has 5 aromatic rings. The summed E-state index contributed by atoms with van der Waals surface area (Å²) in [6.45, 7) is 1.23. The highest BCUT2D eigenvalue weighted by atomic mass is 35.5. The third kappa shape index (κ3) is 5.98. The van der Waals surface area contributed by atoms with E-state index in [0.717, 1.165) is 46.5 Å². The fourth-order valence-electron chi connectivity index (χ4n) is 5.26. The molecule has 0 saturated heterocycles. The summed E-state index contributed by atoms with van der Waals surface area (Å²) in [5.41, 5.74) is 5.67. The summed E-state index contributed by atoms with van der Waals surface area (Å²) in [5, 5.41) is 13.1. The normalized spacial score (nSPS) is 13.9. The fraction of sp³-hybridized carbons (Fsp3) is 0.182. The molecule has 1 aliphatic rings. The molecule has 0 fully saturated rings. The summed E-state index contributed by atoms with van der Waals surface area (Å²) in [7, 11) is 0. The zero-order chi connectivity index (χ0) is 28.9. The van der Waals surface area contributed by atoms with E-state index in [-0.39, 0.29) is 18.5 Å². The number of nitriles is 1. The molecule has 1 atom stereocenters. The Balaban J connectivity index is 1.26. The molecule has 0 unspecified atom stereocenters. The second-order valence-corrected chi connectivity index (χ2v) is 10.4. The van der Waals surface area contributed by atoms with Crippen molar-refractivity contribution < 1.29 is 13.9 Å². The van der Waals surface area contributed by atoms with E-state index in [9.17, 15) is 9.65 Å². The molecule has 0 aliphatic heterocycles. The summed E-state index contributed by atoms with van der Waals surface area (Å²) in [5.74, 6) is 1.67. The molecule has 42 heavy (non-hydrogen) atoms. The van der Waals surface area contributed by atoms with Crippen molar-refractivity contribution in [3.05, 3.63) is 130 Å². The third-order valence-electron chi connectivity index (χ3n) is 7.25. The molecule has 1 aliphatic carbocycles. The molecule has 0 radical (unpaired) electrons. The molecule has 2 N–H and O–H groups in total. The maximum atomic E-state index is 14.6. The summed E-state index contributed by atoms with van der Waals surface area (Å²) < 4.78 is 27.4. The number of aromatic nitrogens is 3. The van der Waals surface area contributed by atoms with E-state index in [0.29, 0.717) is 40.7 Å². The monoisotopic (exact) mass is 579 g/mol. The first-order valence-corrected chi connectivity index (χ1v) is 14.0. The van der Waals surface area contributed by atoms with E-state index in [1.165, 1.54) is 12.3 Å². The van der Waals surface area contributed by atoms with Crippen LogP contribution >= 0.6 is 11.6 Å². The van der Waals surface area contributed by atoms with E-state index in [2.05, 4.69) is 26.3 Å². The molecule has 0 amide bonds. The van der Waals surface area contributed by atoms with Crippen LogP contribution in [0, 0.1) is 17.1 Å². The number of nitrogens with zero attached hydrogens (tertiary/aromatic N) is 3. The molecule has 0 bridgehead atoms. The van der Waals surface area contributed by atoms with Crippen LogP contribution in [0.4, 0.5) is 4.39 Å². The molecular formula is C33H27ClFN5O2. The van der Waals surface area contributed by atoms with Crippen LogP contribution in [0.25, 0.3) is 11.1 Å². The van der Waals surface area contributed by atoms with Crippen LogP contribution in [0.5, 0.6) is 11.5 Å². The second kappa shape index (κ2) is 12.4. The standard InChI is InChI=1S/C33H27ClFN5O2/c34-28-13-23(18-38-19-33-39-10-11-40-33)31(41-20-22-12-21(15-36)16-37-17-22)14-32(28)42-30-9-8-25-24(5-3-6-27(25)30)26-4-1-2-7-29(26)35/h1-7,10-14,16-17,30,38H,8-9,18-20H2,(H,39,40)/t30-/m0/s1. The lowest BCUT2D eigenvalue weighted by Crippen LogP contribution is -2.15. The van der Waals surface area contributed by atoms with Crippen molar-refractivity contribution >= 4 is 11.6 Å². The third-order valence-corrected chi connectivity index (χ3v) is 7.54. The number of H-pyrrole nitrogens is 1. The number of halogens is 2. The molecule has 210 valence electrons. The number of benzene rings is 3. The van der Waals surface area contributed by atoms with Gasteiger partial charge >= 0.3 is 0 Å². The highest BCUT2D eigenvalue weighted by molar-refractivity contribution is 6.32. The first-order chi connectivity index (χ1) is 20.6.